The van der Waals surface area contributed by atoms with E-state index >= 15 is 0 Å². The molecule has 1 saturated carbocycles. The van der Waals surface area contributed by atoms with Crippen molar-refractivity contribution in [1.82, 2.24) is 4.98 Å². The summed E-state index contributed by atoms with van der Waals surface area (Å²) in [4.78, 5) is 15.9. The van der Waals surface area contributed by atoms with Gasteiger partial charge in [0.25, 0.3) is 0 Å². The van der Waals surface area contributed by atoms with E-state index in [1.54, 1.807) is 6.20 Å². The van der Waals surface area contributed by atoms with Gasteiger partial charge in [0.1, 0.15) is 5.82 Å². The van der Waals surface area contributed by atoms with Crippen molar-refractivity contribution in [3.05, 3.63) is 17.8 Å². The van der Waals surface area contributed by atoms with Crippen LogP contribution in [0.5, 0.6) is 0 Å². The van der Waals surface area contributed by atoms with E-state index in [0.29, 0.717) is 11.5 Å². The zero-order valence-electron chi connectivity index (χ0n) is 9.49. The number of carbonyl (C=O) groups excluding carboxylic acids is 1. The van der Waals surface area contributed by atoms with E-state index in [4.69, 9.17) is 5.73 Å². The number of amides is 1. The SMILES string of the molecule is Cc1cc(NC(=O)C2CCCC2)ncc1N. The third-order valence-corrected chi connectivity index (χ3v) is 3.13. The number of nitrogen functional groups attached to an aromatic ring is 1. The summed E-state index contributed by atoms with van der Waals surface area (Å²) in [6.07, 6.45) is 5.90. The molecule has 3 N–H and O–H groups in total. The highest BCUT2D eigenvalue weighted by Gasteiger charge is 2.22. The summed E-state index contributed by atoms with van der Waals surface area (Å²) >= 11 is 0. The molecule has 0 aromatic carbocycles. The molecule has 16 heavy (non-hydrogen) atoms. The van der Waals surface area contributed by atoms with Crippen molar-refractivity contribution in [3.63, 3.8) is 0 Å². The maximum Gasteiger partial charge on any atom is 0.228 e. The number of nitrogens with two attached hydrogens (primary N) is 1. The van der Waals surface area contributed by atoms with Crippen LogP contribution in [0.4, 0.5) is 11.5 Å². The molecule has 0 unspecified atom stereocenters. The predicted molar refractivity (Wildman–Crippen MR) is 64.0 cm³/mol. The van der Waals surface area contributed by atoms with Crippen LogP contribution in [0.2, 0.25) is 0 Å². The van der Waals surface area contributed by atoms with E-state index in [2.05, 4.69) is 10.3 Å². The molecule has 1 fully saturated rings. The van der Waals surface area contributed by atoms with Gasteiger partial charge in [-0.1, -0.05) is 12.8 Å². The van der Waals surface area contributed by atoms with Crippen LogP contribution in [-0.2, 0) is 4.79 Å². The number of pyridine rings is 1. The number of nitrogens with one attached hydrogen (secondary N) is 1. The van der Waals surface area contributed by atoms with Crippen molar-refractivity contribution in [2.24, 2.45) is 5.92 Å². The summed E-state index contributed by atoms with van der Waals surface area (Å²) in [5.41, 5.74) is 7.26. The van der Waals surface area contributed by atoms with E-state index in [9.17, 15) is 4.79 Å². The molecule has 0 spiro atoms. The molecule has 1 aromatic rings. The Hall–Kier alpha value is -1.58. The van der Waals surface area contributed by atoms with Gasteiger partial charge in [0, 0.05) is 5.92 Å². The van der Waals surface area contributed by atoms with Gasteiger partial charge in [0.2, 0.25) is 5.91 Å². The Kier molecular flexibility index (Phi) is 3.08. The number of aryl methyl sites for hydroxylation is 1. The van der Waals surface area contributed by atoms with Crippen molar-refractivity contribution < 1.29 is 4.79 Å². The Morgan fingerprint density at radius 1 is 1.50 bits per heavy atom. The molecular weight excluding hydrogens is 202 g/mol. The molecular formula is C12H17N3O. The highest BCUT2D eigenvalue weighted by molar-refractivity contribution is 5.92. The smallest absolute Gasteiger partial charge is 0.228 e. The summed E-state index contributed by atoms with van der Waals surface area (Å²) in [7, 11) is 0. The first kappa shape index (κ1) is 10.9. The van der Waals surface area contributed by atoms with Crippen LogP contribution in [0.15, 0.2) is 12.3 Å². The number of nitrogens with zero attached hydrogens (tertiary/aromatic N) is 1. The molecule has 1 amide bonds. The zero-order valence-corrected chi connectivity index (χ0v) is 9.49. The summed E-state index contributed by atoms with van der Waals surface area (Å²) < 4.78 is 0. The van der Waals surface area contributed by atoms with E-state index in [-0.39, 0.29) is 11.8 Å². The van der Waals surface area contributed by atoms with Gasteiger partial charge >= 0.3 is 0 Å². The van der Waals surface area contributed by atoms with Crippen molar-refractivity contribution in [2.45, 2.75) is 32.6 Å². The molecule has 4 nitrogen and oxygen atoms in total. The van der Waals surface area contributed by atoms with Gasteiger partial charge in [-0.05, 0) is 31.4 Å². The average molecular weight is 219 g/mol. The first-order valence-corrected chi connectivity index (χ1v) is 5.70. The molecule has 0 aliphatic heterocycles. The van der Waals surface area contributed by atoms with Crippen LogP contribution in [0, 0.1) is 12.8 Å². The Labute approximate surface area is 95.3 Å². The van der Waals surface area contributed by atoms with E-state index in [1.807, 2.05) is 13.0 Å². The van der Waals surface area contributed by atoms with Crippen molar-refractivity contribution in [3.8, 4) is 0 Å². The number of anilines is 2. The number of hydrogen-bond acceptors (Lipinski definition) is 3. The molecule has 0 saturated heterocycles. The molecule has 1 heterocycles. The number of rotatable bonds is 2. The molecule has 1 aliphatic carbocycles. The van der Waals surface area contributed by atoms with E-state index in [0.717, 1.165) is 31.2 Å². The van der Waals surface area contributed by atoms with Crippen LogP contribution in [0.1, 0.15) is 31.2 Å². The Balaban J connectivity index is 2.02. The lowest BCUT2D eigenvalue weighted by molar-refractivity contribution is -0.119. The minimum atomic E-state index is 0.0918. The van der Waals surface area contributed by atoms with E-state index in [1.165, 1.54) is 0 Å². The number of hydrogen-bond donors (Lipinski definition) is 2. The standard InChI is InChI=1S/C12H17N3O/c1-8-6-11(14-7-10(8)13)15-12(16)9-4-2-3-5-9/h6-7,9H,2-5,13H2,1H3,(H,14,15,16). The fourth-order valence-corrected chi connectivity index (χ4v) is 2.05. The average Bonchev–Trinajstić information content (AvgIpc) is 2.77. The van der Waals surface area contributed by atoms with Crippen LogP contribution in [0.3, 0.4) is 0 Å². The molecule has 2 rings (SSSR count). The highest BCUT2D eigenvalue weighted by Crippen LogP contribution is 2.26. The van der Waals surface area contributed by atoms with Gasteiger partial charge < -0.3 is 11.1 Å². The number of aromatic nitrogens is 1. The van der Waals surface area contributed by atoms with Gasteiger partial charge in [-0.3, -0.25) is 4.79 Å². The minimum absolute atomic E-state index is 0.0918. The Morgan fingerprint density at radius 3 is 2.81 bits per heavy atom. The van der Waals surface area contributed by atoms with Crippen LogP contribution in [-0.4, -0.2) is 10.9 Å². The molecule has 1 aromatic heterocycles. The minimum Gasteiger partial charge on any atom is -0.397 e. The van der Waals surface area contributed by atoms with E-state index < -0.39 is 0 Å². The molecule has 0 radical (unpaired) electrons. The van der Waals surface area contributed by atoms with Gasteiger partial charge in [0.05, 0.1) is 11.9 Å². The highest BCUT2D eigenvalue weighted by atomic mass is 16.1. The maximum atomic E-state index is 11.8. The fraction of sp³-hybridized carbons (Fsp3) is 0.500. The predicted octanol–water partition coefficient (Wildman–Crippen LogP) is 2.10. The largest absolute Gasteiger partial charge is 0.397 e. The summed E-state index contributed by atoms with van der Waals surface area (Å²) in [5.74, 6) is 0.859. The molecule has 4 heteroatoms. The van der Waals surface area contributed by atoms with Gasteiger partial charge in [-0.15, -0.1) is 0 Å². The Bertz CT molecular complexity index is 397. The lowest BCUT2D eigenvalue weighted by atomic mass is 10.1. The topological polar surface area (TPSA) is 68.0 Å². The van der Waals surface area contributed by atoms with Gasteiger partial charge in [-0.25, -0.2) is 4.98 Å². The Morgan fingerprint density at radius 2 is 2.19 bits per heavy atom. The van der Waals surface area contributed by atoms with Crippen LogP contribution >= 0.6 is 0 Å². The third-order valence-electron chi connectivity index (χ3n) is 3.13. The first-order valence-electron chi connectivity index (χ1n) is 5.70. The lowest BCUT2D eigenvalue weighted by Gasteiger charge is -2.10. The second-order valence-electron chi connectivity index (χ2n) is 4.40. The maximum absolute atomic E-state index is 11.8. The van der Waals surface area contributed by atoms with Gasteiger partial charge in [0.15, 0.2) is 0 Å². The van der Waals surface area contributed by atoms with Crippen LogP contribution < -0.4 is 11.1 Å². The van der Waals surface area contributed by atoms with Crippen molar-refractivity contribution in [2.75, 3.05) is 11.1 Å². The second-order valence-corrected chi connectivity index (χ2v) is 4.40. The molecule has 86 valence electrons. The summed E-state index contributed by atoms with van der Waals surface area (Å²) in [5, 5.41) is 2.85. The van der Waals surface area contributed by atoms with Crippen molar-refractivity contribution in [1.29, 1.82) is 0 Å². The lowest BCUT2D eigenvalue weighted by Crippen LogP contribution is -2.21. The van der Waals surface area contributed by atoms with Crippen molar-refractivity contribution >= 4 is 17.4 Å². The molecule has 0 atom stereocenters. The first-order chi connectivity index (χ1) is 7.66. The van der Waals surface area contributed by atoms with Gasteiger partial charge in [-0.2, -0.15) is 0 Å². The summed E-state index contributed by atoms with van der Waals surface area (Å²) in [6, 6.07) is 1.81. The second kappa shape index (κ2) is 4.51. The normalized spacial score (nSPS) is 16.3. The third kappa shape index (κ3) is 2.32. The zero-order chi connectivity index (χ0) is 11.5. The molecule has 1 aliphatic rings. The summed E-state index contributed by atoms with van der Waals surface area (Å²) in [6.45, 7) is 1.90. The monoisotopic (exact) mass is 219 g/mol. The quantitative estimate of drug-likeness (QED) is 0.800. The fourth-order valence-electron chi connectivity index (χ4n) is 2.05. The molecule has 0 bridgehead atoms. The number of carbonyl (C=O) groups is 1. The van der Waals surface area contributed by atoms with Crippen LogP contribution in [0.25, 0.3) is 0 Å².